The van der Waals surface area contributed by atoms with Gasteiger partial charge in [-0.2, -0.15) is 23.3 Å². The molecule has 0 aliphatic rings. The van der Waals surface area contributed by atoms with Gasteiger partial charge in [-0.3, -0.25) is 9.13 Å². The summed E-state index contributed by atoms with van der Waals surface area (Å²) in [6.07, 6.45) is -2.63. The molecule has 0 atom stereocenters. The third kappa shape index (κ3) is 3.47. The molecule has 0 spiro atoms. The molecule has 0 saturated carbocycles. The number of alkyl halides is 3. The summed E-state index contributed by atoms with van der Waals surface area (Å²) in [5, 5.41) is 3.74. The molecule has 30 heavy (non-hydrogen) atoms. The molecule has 1 aromatic carbocycles. The van der Waals surface area contributed by atoms with Crippen LogP contribution in [0.5, 0.6) is 0 Å². The summed E-state index contributed by atoms with van der Waals surface area (Å²) in [5.41, 5.74) is 1.47. The first kappa shape index (κ1) is 20.1. The maximum Gasteiger partial charge on any atom is 0.435 e. The van der Waals surface area contributed by atoms with E-state index in [-0.39, 0.29) is 17.5 Å². The van der Waals surface area contributed by atoms with E-state index in [1.807, 2.05) is 0 Å². The molecule has 0 saturated heterocycles. The Morgan fingerprint density at radius 1 is 1.17 bits per heavy atom. The largest absolute Gasteiger partial charge is 0.435 e. The lowest BCUT2D eigenvalue weighted by Crippen LogP contribution is -2.22. The van der Waals surface area contributed by atoms with Gasteiger partial charge in [0.05, 0.1) is 18.4 Å². The molecule has 0 aliphatic carbocycles. The molecule has 0 fully saturated rings. The van der Waals surface area contributed by atoms with Crippen LogP contribution in [-0.2, 0) is 26.2 Å². The number of nitrogens with zero attached hydrogens (tertiary/aromatic N) is 6. The Hall–Kier alpha value is -3.14. The van der Waals surface area contributed by atoms with Gasteiger partial charge in [0.15, 0.2) is 11.3 Å². The van der Waals surface area contributed by atoms with Gasteiger partial charge in [0.25, 0.3) is 0 Å². The van der Waals surface area contributed by atoms with E-state index in [0.29, 0.717) is 29.0 Å². The van der Waals surface area contributed by atoms with E-state index in [4.69, 9.17) is 11.6 Å². The first-order valence-corrected chi connectivity index (χ1v) is 9.40. The van der Waals surface area contributed by atoms with Crippen molar-refractivity contribution < 1.29 is 13.2 Å². The molecule has 3 heterocycles. The second-order valence-corrected chi connectivity index (χ2v) is 7.06. The Morgan fingerprint density at radius 2 is 1.87 bits per heavy atom. The minimum Gasteiger partial charge on any atom is -0.292 e. The van der Waals surface area contributed by atoms with Crippen molar-refractivity contribution in [1.29, 1.82) is 0 Å². The zero-order chi connectivity index (χ0) is 21.6. The van der Waals surface area contributed by atoms with Gasteiger partial charge in [0.2, 0.25) is 5.28 Å². The predicted octanol–water partition coefficient (Wildman–Crippen LogP) is 3.60. The Morgan fingerprint density at radius 3 is 2.50 bits per heavy atom. The van der Waals surface area contributed by atoms with Crippen molar-refractivity contribution >= 4 is 22.8 Å². The van der Waals surface area contributed by atoms with Crippen LogP contribution in [0.15, 0.2) is 41.3 Å². The second kappa shape index (κ2) is 7.28. The Bertz CT molecular complexity index is 1290. The van der Waals surface area contributed by atoms with Crippen LogP contribution in [0.1, 0.15) is 23.9 Å². The van der Waals surface area contributed by atoms with Crippen LogP contribution in [0.3, 0.4) is 0 Å². The van der Waals surface area contributed by atoms with Crippen molar-refractivity contribution in [1.82, 2.24) is 28.9 Å². The van der Waals surface area contributed by atoms with Crippen LogP contribution >= 0.6 is 11.6 Å². The minimum atomic E-state index is -4.51. The van der Waals surface area contributed by atoms with Gasteiger partial charge >= 0.3 is 11.9 Å². The number of benzene rings is 1. The van der Waals surface area contributed by atoms with Crippen LogP contribution in [0.4, 0.5) is 13.2 Å². The fourth-order valence-electron chi connectivity index (χ4n) is 3.26. The molecular weight excluding hydrogens is 421 g/mol. The first-order valence-electron chi connectivity index (χ1n) is 9.02. The topological polar surface area (TPSA) is 70.5 Å². The number of imidazole rings is 1. The third-order valence-corrected chi connectivity index (χ3v) is 4.99. The number of halogens is 4. The summed E-state index contributed by atoms with van der Waals surface area (Å²) >= 11 is 5.87. The summed E-state index contributed by atoms with van der Waals surface area (Å²) in [4.78, 5) is 20.6. The quantitative estimate of drug-likeness (QED) is 0.458. The van der Waals surface area contributed by atoms with Gasteiger partial charge in [-0.1, -0.05) is 19.1 Å². The van der Waals surface area contributed by atoms with Crippen LogP contribution in [0.25, 0.3) is 16.9 Å². The molecule has 7 nitrogen and oxygen atoms in total. The number of aryl methyl sites for hydroxylation is 2. The monoisotopic (exact) mass is 436 g/mol. The van der Waals surface area contributed by atoms with E-state index < -0.39 is 11.9 Å². The molecule has 156 valence electrons. The lowest BCUT2D eigenvalue weighted by atomic mass is 10.2. The lowest BCUT2D eigenvalue weighted by Gasteiger charge is -2.08. The fraction of sp³-hybridized carbons (Fsp3) is 0.263. The maximum atomic E-state index is 13.0. The first-order chi connectivity index (χ1) is 14.2. The average molecular weight is 437 g/mol. The van der Waals surface area contributed by atoms with Gasteiger partial charge in [0.1, 0.15) is 5.52 Å². The Balaban J connectivity index is 1.69. The van der Waals surface area contributed by atoms with Crippen molar-refractivity contribution in [2.45, 2.75) is 26.1 Å². The number of fused-ring (bicyclic) bond motifs is 1. The zero-order valence-electron chi connectivity index (χ0n) is 16.0. The van der Waals surface area contributed by atoms with Crippen LogP contribution in [-0.4, -0.2) is 28.9 Å². The molecule has 0 unspecified atom stereocenters. The van der Waals surface area contributed by atoms with E-state index in [1.54, 1.807) is 38.2 Å². The lowest BCUT2D eigenvalue weighted by molar-refractivity contribution is -0.141. The highest BCUT2D eigenvalue weighted by Crippen LogP contribution is 2.29. The van der Waals surface area contributed by atoms with Gasteiger partial charge in [-0.25, -0.2) is 14.5 Å². The molecule has 0 bridgehead atoms. The summed E-state index contributed by atoms with van der Waals surface area (Å²) in [6, 6.07) is 7.85. The molecular formula is C19H16ClF3N6O. The summed E-state index contributed by atoms with van der Waals surface area (Å²) in [5.74, 6) is 0. The average Bonchev–Trinajstić information content (AvgIpc) is 3.24. The van der Waals surface area contributed by atoms with E-state index in [1.165, 1.54) is 20.0 Å². The standard InChI is InChI=1S/C19H16ClF3N6O/c1-3-12-8-15(19(21,22)23)26-29(12)13-6-4-11(5-7-13)10-28-16-14(27(2)18(28)30)9-24-17(20)25-16/h4-9H,3,10H2,1-2H3. The van der Waals surface area contributed by atoms with Crippen LogP contribution in [0.2, 0.25) is 5.28 Å². The predicted molar refractivity (Wildman–Crippen MR) is 105 cm³/mol. The highest BCUT2D eigenvalue weighted by molar-refractivity contribution is 6.28. The van der Waals surface area contributed by atoms with Crippen molar-refractivity contribution in [2.24, 2.45) is 7.05 Å². The van der Waals surface area contributed by atoms with E-state index >= 15 is 0 Å². The molecule has 0 amide bonds. The van der Waals surface area contributed by atoms with Gasteiger partial charge in [0, 0.05) is 12.7 Å². The SMILES string of the molecule is CCc1cc(C(F)(F)F)nn1-c1ccc(Cn2c(=O)n(C)c3cnc(Cl)nc32)cc1. The van der Waals surface area contributed by atoms with Crippen LogP contribution < -0.4 is 5.69 Å². The molecule has 0 N–H and O–H groups in total. The van der Waals surface area contributed by atoms with Crippen molar-refractivity contribution in [3.05, 3.63) is 69.2 Å². The van der Waals surface area contributed by atoms with Crippen molar-refractivity contribution in [3.8, 4) is 5.69 Å². The van der Waals surface area contributed by atoms with Gasteiger partial charge < -0.3 is 0 Å². The number of hydrogen-bond acceptors (Lipinski definition) is 4. The summed E-state index contributed by atoms with van der Waals surface area (Å²) in [7, 11) is 1.61. The second-order valence-electron chi connectivity index (χ2n) is 6.73. The smallest absolute Gasteiger partial charge is 0.292 e. The highest BCUT2D eigenvalue weighted by Gasteiger charge is 2.34. The minimum absolute atomic E-state index is 0.0310. The molecule has 4 rings (SSSR count). The Labute approximate surface area is 173 Å². The summed E-state index contributed by atoms with van der Waals surface area (Å²) < 4.78 is 43.2. The highest BCUT2D eigenvalue weighted by atomic mass is 35.5. The van der Waals surface area contributed by atoms with Crippen molar-refractivity contribution in [2.75, 3.05) is 0 Å². The molecule has 11 heteroatoms. The fourth-order valence-corrected chi connectivity index (χ4v) is 3.39. The molecule has 3 aromatic heterocycles. The summed E-state index contributed by atoms with van der Waals surface area (Å²) in [6.45, 7) is 1.99. The van der Waals surface area contributed by atoms with Gasteiger partial charge in [-0.15, -0.1) is 0 Å². The zero-order valence-corrected chi connectivity index (χ0v) is 16.7. The van der Waals surface area contributed by atoms with E-state index in [0.717, 1.165) is 11.6 Å². The van der Waals surface area contributed by atoms with Crippen molar-refractivity contribution in [3.63, 3.8) is 0 Å². The normalized spacial score (nSPS) is 12.1. The van der Waals surface area contributed by atoms with Crippen LogP contribution in [0, 0.1) is 0 Å². The number of aromatic nitrogens is 6. The number of rotatable bonds is 4. The van der Waals surface area contributed by atoms with E-state index in [9.17, 15) is 18.0 Å². The third-order valence-electron chi connectivity index (χ3n) is 4.81. The maximum absolute atomic E-state index is 13.0. The Kier molecular flexibility index (Phi) is 4.89. The number of hydrogen-bond donors (Lipinski definition) is 0. The van der Waals surface area contributed by atoms with Gasteiger partial charge in [-0.05, 0) is 41.8 Å². The molecule has 0 radical (unpaired) electrons. The molecule has 0 aliphatic heterocycles. The molecule has 4 aromatic rings. The van der Waals surface area contributed by atoms with E-state index in [2.05, 4.69) is 15.1 Å².